The molecule has 1 aromatic carbocycles. The number of hydrogen-bond donors (Lipinski definition) is 4. The van der Waals surface area contributed by atoms with Gasteiger partial charge >= 0.3 is 0 Å². The van der Waals surface area contributed by atoms with Crippen LogP contribution in [0, 0.1) is 5.92 Å². The highest BCUT2D eigenvalue weighted by molar-refractivity contribution is 9.09. The SMILES string of the molecule is CC(C)C1NNC(C(=O)NCC(N)c2ccccc2)C1Br.Cl. The number of alkyl halides is 1. The molecule has 0 saturated carbocycles. The molecule has 7 heteroatoms. The van der Waals surface area contributed by atoms with Crippen LogP contribution in [0.5, 0.6) is 0 Å². The molecule has 5 N–H and O–H groups in total. The number of amides is 1. The van der Waals surface area contributed by atoms with E-state index in [0.717, 1.165) is 5.56 Å². The summed E-state index contributed by atoms with van der Waals surface area (Å²) in [6.07, 6.45) is 0. The molecular formula is C15H24BrClN4O. The number of nitrogens with one attached hydrogen (secondary N) is 3. The zero-order chi connectivity index (χ0) is 15.4. The van der Waals surface area contributed by atoms with E-state index in [-0.39, 0.29) is 41.3 Å². The van der Waals surface area contributed by atoms with Crippen molar-refractivity contribution in [1.82, 2.24) is 16.2 Å². The van der Waals surface area contributed by atoms with Gasteiger partial charge < -0.3 is 11.1 Å². The Morgan fingerprint density at radius 1 is 1.32 bits per heavy atom. The third-order valence-corrected chi connectivity index (χ3v) is 4.89. The standard InChI is InChI=1S/C15H23BrN4O.ClH/c1-9(2)13-12(16)14(20-19-13)15(21)18-8-11(17)10-6-4-3-5-7-10;/h3-7,9,11-14,19-20H,8,17H2,1-2H3,(H,18,21);1H. The van der Waals surface area contributed by atoms with Crippen molar-refractivity contribution in [2.45, 2.75) is 36.8 Å². The number of hydrogen-bond acceptors (Lipinski definition) is 4. The molecular weight excluding hydrogens is 368 g/mol. The highest BCUT2D eigenvalue weighted by Crippen LogP contribution is 2.21. The van der Waals surface area contributed by atoms with Crippen LogP contribution in [0.3, 0.4) is 0 Å². The van der Waals surface area contributed by atoms with Crippen molar-refractivity contribution in [2.75, 3.05) is 6.54 Å². The second-order valence-corrected chi connectivity index (χ2v) is 6.80. The van der Waals surface area contributed by atoms with Gasteiger partial charge in [-0.2, -0.15) is 0 Å². The molecule has 1 aliphatic rings. The third kappa shape index (κ3) is 4.67. The van der Waals surface area contributed by atoms with Crippen LogP contribution in [0.25, 0.3) is 0 Å². The van der Waals surface area contributed by atoms with E-state index in [1.807, 2.05) is 30.3 Å². The molecule has 0 bridgehead atoms. The molecule has 1 saturated heterocycles. The molecule has 1 aliphatic heterocycles. The first-order valence-corrected chi connectivity index (χ1v) is 8.15. The minimum Gasteiger partial charge on any atom is -0.353 e. The third-order valence-electron chi connectivity index (χ3n) is 3.79. The summed E-state index contributed by atoms with van der Waals surface area (Å²) in [7, 11) is 0. The molecule has 0 radical (unpaired) electrons. The predicted molar refractivity (Wildman–Crippen MR) is 95.0 cm³/mol. The van der Waals surface area contributed by atoms with E-state index >= 15 is 0 Å². The smallest absolute Gasteiger partial charge is 0.239 e. The van der Waals surface area contributed by atoms with E-state index in [1.54, 1.807) is 0 Å². The number of halogens is 2. The van der Waals surface area contributed by atoms with E-state index in [9.17, 15) is 4.79 Å². The number of nitrogens with two attached hydrogens (primary N) is 1. The number of rotatable bonds is 5. The highest BCUT2D eigenvalue weighted by Gasteiger charge is 2.39. The summed E-state index contributed by atoms with van der Waals surface area (Å²) in [5.41, 5.74) is 13.3. The van der Waals surface area contributed by atoms with Gasteiger partial charge in [0.1, 0.15) is 6.04 Å². The molecule has 22 heavy (non-hydrogen) atoms. The Morgan fingerprint density at radius 2 is 1.95 bits per heavy atom. The minimum absolute atomic E-state index is 0. The minimum atomic E-state index is -0.291. The van der Waals surface area contributed by atoms with Crippen molar-refractivity contribution < 1.29 is 4.79 Å². The topological polar surface area (TPSA) is 79.2 Å². The summed E-state index contributed by atoms with van der Waals surface area (Å²) in [4.78, 5) is 12.3. The van der Waals surface area contributed by atoms with Gasteiger partial charge in [0.05, 0.1) is 4.83 Å². The second-order valence-electron chi connectivity index (χ2n) is 5.74. The van der Waals surface area contributed by atoms with Crippen LogP contribution in [-0.2, 0) is 4.79 Å². The summed E-state index contributed by atoms with van der Waals surface area (Å²) in [6.45, 7) is 4.67. The molecule has 2 rings (SSSR count). The molecule has 124 valence electrons. The Bertz CT molecular complexity index is 474. The van der Waals surface area contributed by atoms with Gasteiger partial charge in [-0.1, -0.05) is 60.1 Å². The van der Waals surface area contributed by atoms with E-state index in [4.69, 9.17) is 5.73 Å². The lowest BCUT2D eigenvalue weighted by atomic mass is 9.99. The van der Waals surface area contributed by atoms with Crippen molar-refractivity contribution in [3.63, 3.8) is 0 Å². The fourth-order valence-electron chi connectivity index (χ4n) is 2.44. The maximum absolute atomic E-state index is 12.3. The Hall–Kier alpha value is -0.660. The molecule has 1 heterocycles. The van der Waals surface area contributed by atoms with Crippen LogP contribution in [0.1, 0.15) is 25.5 Å². The molecule has 0 aliphatic carbocycles. The molecule has 4 atom stereocenters. The molecule has 5 nitrogen and oxygen atoms in total. The van der Waals surface area contributed by atoms with E-state index < -0.39 is 0 Å². The zero-order valence-corrected chi connectivity index (χ0v) is 15.2. The van der Waals surface area contributed by atoms with Gasteiger partial charge in [-0.3, -0.25) is 10.2 Å². The summed E-state index contributed by atoms with van der Waals surface area (Å²) in [5.74, 6) is 0.394. The van der Waals surface area contributed by atoms with Crippen molar-refractivity contribution in [3.8, 4) is 0 Å². The Labute approximate surface area is 146 Å². The van der Waals surface area contributed by atoms with Gasteiger partial charge in [0.15, 0.2) is 0 Å². The molecule has 0 spiro atoms. The quantitative estimate of drug-likeness (QED) is 0.573. The fourth-order valence-corrected chi connectivity index (χ4v) is 3.55. The first kappa shape index (κ1) is 19.4. The van der Waals surface area contributed by atoms with Crippen molar-refractivity contribution in [3.05, 3.63) is 35.9 Å². The van der Waals surface area contributed by atoms with Crippen LogP contribution in [0.2, 0.25) is 0 Å². The molecule has 1 aromatic rings. The lowest BCUT2D eigenvalue weighted by molar-refractivity contribution is -0.122. The van der Waals surface area contributed by atoms with Gasteiger partial charge in [0.25, 0.3) is 0 Å². The number of carbonyl (C=O) groups excluding carboxylic acids is 1. The van der Waals surface area contributed by atoms with Gasteiger partial charge in [0, 0.05) is 18.6 Å². The molecule has 4 unspecified atom stereocenters. The average molecular weight is 392 g/mol. The van der Waals surface area contributed by atoms with Crippen LogP contribution in [0.4, 0.5) is 0 Å². The maximum Gasteiger partial charge on any atom is 0.239 e. The molecule has 1 amide bonds. The van der Waals surface area contributed by atoms with E-state index in [2.05, 4.69) is 45.9 Å². The van der Waals surface area contributed by atoms with Crippen LogP contribution in [0.15, 0.2) is 30.3 Å². The summed E-state index contributed by atoms with van der Waals surface area (Å²) in [6, 6.07) is 9.51. The number of hydrazine groups is 1. The Balaban J connectivity index is 0.00000242. The predicted octanol–water partition coefficient (Wildman–Crippen LogP) is 1.49. The summed E-state index contributed by atoms with van der Waals surface area (Å²) < 4.78 is 0. The Morgan fingerprint density at radius 3 is 2.50 bits per heavy atom. The molecule has 1 fully saturated rings. The first-order chi connectivity index (χ1) is 10.0. The van der Waals surface area contributed by atoms with Gasteiger partial charge in [-0.05, 0) is 11.5 Å². The summed E-state index contributed by atoms with van der Waals surface area (Å²) >= 11 is 3.61. The number of carbonyl (C=O) groups is 1. The highest BCUT2D eigenvalue weighted by atomic mass is 79.9. The lowest BCUT2D eigenvalue weighted by Gasteiger charge is -2.20. The van der Waals surface area contributed by atoms with E-state index in [0.29, 0.717) is 12.5 Å². The average Bonchev–Trinajstić information content (AvgIpc) is 2.87. The largest absolute Gasteiger partial charge is 0.353 e. The maximum atomic E-state index is 12.3. The molecule has 0 aromatic heterocycles. The van der Waals surface area contributed by atoms with Crippen molar-refractivity contribution >= 4 is 34.2 Å². The van der Waals surface area contributed by atoms with Crippen LogP contribution in [-0.4, -0.2) is 29.4 Å². The van der Waals surface area contributed by atoms with Crippen molar-refractivity contribution in [2.24, 2.45) is 11.7 Å². The van der Waals surface area contributed by atoms with Gasteiger partial charge in [-0.15, -0.1) is 12.4 Å². The Kier molecular flexibility index (Phi) is 7.79. The van der Waals surface area contributed by atoms with Crippen LogP contribution >= 0.6 is 28.3 Å². The summed E-state index contributed by atoms with van der Waals surface area (Å²) in [5, 5.41) is 2.92. The lowest BCUT2D eigenvalue weighted by Crippen LogP contribution is -2.47. The van der Waals surface area contributed by atoms with Gasteiger partial charge in [0.2, 0.25) is 5.91 Å². The van der Waals surface area contributed by atoms with Crippen molar-refractivity contribution in [1.29, 1.82) is 0 Å². The van der Waals surface area contributed by atoms with E-state index in [1.165, 1.54) is 0 Å². The zero-order valence-electron chi connectivity index (χ0n) is 12.8. The first-order valence-electron chi connectivity index (χ1n) is 7.24. The normalized spacial score (nSPS) is 25.6. The van der Waals surface area contributed by atoms with Gasteiger partial charge in [-0.25, -0.2) is 5.43 Å². The monoisotopic (exact) mass is 390 g/mol. The fraction of sp³-hybridized carbons (Fsp3) is 0.533. The number of benzene rings is 1. The second kappa shape index (κ2) is 8.84. The van der Waals surface area contributed by atoms with Crippen LogP contribution < -0.4 is 21.9 Å².